The molecular weight excluding hydrogens is 440 g/mol. The Balaban J connectivity index is 1.33. The lowest BCUT2D eigenvalue weighted by atomic mass is 10.1. The number of amides is 2. The molecule has 1 fully saturated rings. The smallest absolute Gasteiger partial charge is 0.267 e. The minimum atomic E-state index is -0.683. The molecular formula is C25H28N2O7. The van der Waals surface area contributed by atoms with Gasteiger partial charge in [-0.25, -0.2) is 0 Å². The molecule has 1 unspecified atom stereocenters. The van der Waals surface area contributed by atoms with Crippen molar-refractivity contribution in [2.24, 2.45) is 0 Å². The van der Waals surface area contributed by atoms with Crippen molar-refractivity contribution < 1.29 is 33.3 Å². The lowest BCUT2D eigenvalue weighted by molar-refractivity contribution is -0.145. The van der Waals surface area contributed by atoms with Crippen LogP contribution in [0.25, 0.3) is 6.08 Å². The van der Waals surface area contributed by atoms with Gasteiger partial charge in [-0.3, -0.25) is 9.59 Å². The number of piperazine rings is 1. The van der Waals surface area contributed by atoms with Gasteiger partial charge in [0.1, 0.15) is 6.61 Å². The summed E-state index contributed by atoms with van der Waals surface area (Å²) in [5, 5.41) is 0. The van der Waals surface area contributed by atoms with Crippen LogP contribution in [0.15, 0.2) is 42.5 Å². The maximum atomic E-state index is 12.9. The lowest BCUT2D eigenvalue weighted by Gasteiger charge is -2.36. The van der Waals surface area contributed by atoms with Crippen LogP contribution in [-0.2, 0) is 9.59 Å². The van der Waals surface area contributed by atoms with E-state index in [1.54, 1.807) is 48.3 Å². The van der Waals surface area contributed by atoms with Crippen LogP contribution in [0.4, 0.5) is 0 Å². The van der Waals surface area contributed by atoms with E-state index in [4.69, 9.17) is 23.7 Å². The van der Waals surface area contributed by atoms with Gasteiger partial charge in [0.2, 0.25) is 17.8 Å². The zero-order valence-electron chi connectivity index (χ0n) is 19.5. The van der Waals surface area contributed by atoms with Gasteiger partial charge in [-0.1, -0.05) is 12.1 Å². The molecule has 180 valence electrons. The number of carbonyl (C=O) groups excluding carboxylic acids is 2. The third-order valence-electron chi connectivity index (χ3n) is 5.79. The van der Waals surface area contributed by atoms with Crippen LogP contribution in [0.3, 0.4) is 0 Å². The first-order valence-corrected chi connectivity index (χ1v) is 11.0. The molecule has 2 amide bonds. The summed E-state index contributed by atoms with van der Waals surface area (Å²) in [5.74, 6) is 2.46. The van der Waals surface area contributed by atoms with Crippen molar-refractivity contribution in [2.45, 2.75) is 6.10 Å². The number of carbonyl (C=O) groups is 2. The Labute approximate surface area is 198 Å². The topological polar surface area (TPSA) is 86.8 Å². The fraction of sp³-hybridized carbons (Fsp3) is 0.360. The van der Waals surface area contributed by atoms with Crippen LogP contribution in [-0.4, -0.2) is 81.8 Å². The van der Waals surface area contributed by atoms with Gasteiger partial charge in [0.05, 0.1) is 21.3 Å². The summed E-state index contributed by atoms with van der Waals surface area (Å²) < 4.78 is 27.5. The quantitative estimate of drug-likeness (QED) is 0.601. The second kappa shape index (κ2) is 10.4. The fourth-order valence-electron chi connectivity index (χ4n) is 3.96. The highest BCUT2D eigenvalue weighted by molar-refractivity contribution is 5.92. The van der Waals surface area contributed by atoms with E-state index >= 15 is 0 Å². The summed E-state index contributed by atoms with van der Waals surface area (Å²) in [6.45, 7) is 1.92. The zero-order chi connectivity index (χ0) is 24.1. The number of nitrogens with zero attached hydrogens (tertiary/aromatic N) is 2. The summed E-state index contributed by atoms with van der Waals surface area (Å²) in [5.41, 5.74) is 0.742. The standard InChI is InChI=1S/C25H28N2O7/c1-30-20-14-17(15-21(31-2)24(20)32-3)8-9-23(28)26-10-12-27(13-11-26)25(29)22-16-33-18-6-4-5-7-19(18)34-22/h4-9,14-15,22H,10-13,16H2,1-3H3/b9-8+. The summed E-state index contributed by atoms with van der Waals surface area (Å²) >= 11 is 0. The molecule has 2 aromatic carbocycles. The zero-order valence-corrected chi connectivity index (χ0v) is 19.5. The van der Waals surface area contributed by atoms with E-state index in [2.05, 4.69) is 0 Å². The van der Waals surface area contributed by atoms with Crippen molar-refractivity contribution in [3.05, 3.63) is 48.0 Å². The number of para-hydroxylation sites is 2. The highest BCUT2D eigenvalue weighted by Gasteiger charge is 2.33. The molecule has 4 rings (SSSR count). The van der Waals surface area contributed by atoms with Crippen molar-refractivity contribution in [1.82, 2.24) is 9.80 Å². The van der Waals surface area contributed by atoms with E-state index in [0.717, 1.165) is 5.56 Å². The Hall–Kier alpha value is -3.88. The molecule has 2 aliphatic heterocycles. The lowest BCUT2D eigenvalue weighted by Crippen LogP contribution is -2.54. The predicted octanol–water partition coefficient (Wildman–Crippen LogP) is 2.24. The van der Waals surface area contributed by atoms with Gasteiger partial charge >= 0.3 is 0 Å². The maximum absolute atomic E-state index is 12.9. The van der Waals surface area contributed by atoms with Crippen molar-refractivity contribution in [3.8, 4) is 28.7 Å². The first-order valence-electron chi connectivity index (χ1n) is 11.0. The molecule has 0 saturated carbocycles. The minimum Gasteiger partial charge on any atom is -0.493 e. The predicted molar refractivity (Wildman–Crippen MR) is 125 cm³/mol. The van der Waals surface area contributed by atoms with E-state index < -0.39 is 6.10 Å². The molecule has 1 atom stereocenters. The molecule has 0 N–H and O–H groups in total. The van der Waals surface area contributed by atoms with Crippen LogP contribution in [0.2, 0.25) is 0 Å². The molecule has 2 aromatic rings. The minimum absolute atomic E-state index is 0.130. The van der Waals surface area contributed by atoms with Gasteiger partial charge < -0.3 is 33.5 Å². The summed E-state index contributed by atoms with van der Waals surface area (Å²) in [7, 11) is 4.62. The number of benzene rings is 2. The largest absolute Gasteiger partial charge is 0.493 e. The molecule has 2 heterocycles. The molecule has 9 heteroatoms. The van der Waals surface area contributed by atoms with E-state index in [1.165, 1.54) is 13.2 Å². The average Bonchev–Trinajstić information content (AvgIpc) is 2.90. The van der Waals surface area contributed by atoms with Crippen LogP contribution in [0, 0.1) is 0 Å². The van der Waals surface area contributed by atoms with Crippen molar-refractivity contribution in [3.63, 3.8) is 0 Å². The normalized spacial score (nSPS) is 17.4. The first-order chi connectivity index (χ1) is 16.5. The Morgan fingerprint density at radius 3 is 2.15 bits per heavy atom. The molecule has 0 radical (unpaired) electrons. The average molecular weight is 469 g/mol. The van der Waals surface area contributed by atoms with E-state index in [-0.39, 0.29) is 18.4 Å². The second-order valence-corrected chi connectivity index (χ2v) is 7.81. The van der Waals surface area contributed by atoms with Gasteiger partial charge in [-0.15, -0.1) is 0 Å². The molecule has 0 aliphatic carbocycles. The van der Waals surface area contributed by atoms with Gasteiger partial charge in [0, 0.05) is 32.3 Å². The third kappa shape index (κ3) is 4.88. The number of hydrogen-bond acceptors (Lipinski definition) is 7. The Bertz CT molecular complexity index is 1050. The Morgan fingerprint density at radius 1 is 0.912 bits per heavy atom. The number of hydrogen-bond donors (Lipinski definition) is 0. The summed E-state index contributed by atoms with van der Waals surface area (Å²) in [6, 6.07) is 10.8. The number of ether oxygens (including phenoxy) is 5. The van der Waals surface area contributed by atoms with E-state index in [9.17, 15) is 9.59 Å². The Kier molecular flexibility index (Phi) is 7.10. The van der Waals surface area contributed by atoms with Crippen LogP contribution >= 0.6 is 0 Å². The molecule has 34 heavy (non-hydrogen) atoms. The van der Waals surface area contributed by atoms with Gasteiger partial charge in [-0.2, -0.15) is 0 Å². The SMILES string of the molecule is COc1cc(/C=C/C(=O)N2CCN(C(=O)C3COc4ccccc4O3)CC2)cc(OC)c1OC. The van der Waals surface area contributed by atoms with Crippen molar-refractivity contribution in [2.75, 3.05) is 54.1 Å². The number of rotatable bonds is 6. The van der Waals surface area contributed by atoms with Crippen molar-refractivity contribution >= 4 is 17.9 Å². The molecule has 0 spiro atoms. The number of fused-ring (bicyclic) bond motifs is 1. The molecule has 2 aliphatic rings. The highest BCUT2D eigenvalue weighted by Crippen LogP contribution is 2.38. The van der Waals surface area contributed by atoms with Gasteiger partial charge in [0.15, 0.2) is 23.0 Å². The van der Waals surface area contributed by atoms with Gasteiger partial charge in [-0.05, 0) is 35.9 Å². The molecule has 9 nitrogen and oxygen atoms in total. The van der Waals surface area contributed by atoms with Crippen molar-refractivity contribution in [1.29, 1.82) is 0 Å². The Morgan fingerprint density at radius 2 is 1.53 bits per heavy atom. The van der Waals surface area contributed by atoms with Crippen LogP contribution in [0.1, 0.15) is 5.56 Å². The highest BCUT2D eigenvalue weighted by atomic mass is 16.6. The monoisotopic (exact) mass is 468 g/mol. The van der Waals surface area contributed by atoms with Crippen LogP contribution < -0.4 is 23.7 Å². The third-order valence-corrected chi connectivity index (χ3v) is 5.79. The molecule has 0 bridgehead atoms. The van der Waals surface area contributed by atoms with Gasteiger partial charge in [0.25, 0.3) is 5.91 Å². The maximum Gasteiger partial charge on any atom is 0.267 e. The first kappa shape index (κ1) is 23.3. The summed E-state index contributed by atoms with van der Waals surface area (Å²) in [4.78, 5) is 29.0. The second-order valence-electron chi connectivity index (χ2n) is 7.81. The fourth-order valence-corrected chi connectivity index (χ4v) is 3.96. The number of methoxy groups -OCH3 is 3. The van der Waals surface area contributed by atoms with Crippen LogP contribution in [0.5, 0.6) is 28.7 Å². The molecule has 0 aromatic heterocycles. The summed E-state index contributed by atoms with van der Waals surface area (Å²) in [6.07, 6.45) is 2.53. The molecule has 1 saturated heterocycles. The van der Waals surface area contributed by atoms with E-state index in [0.29, 0.717) is 54.9 Å². The van der Waals surface area contributed by atoms with E-state index in [1.807, 2.05) is 18.2 Å².